The molecule has 1 saturated carbocycles. The lowest BCUT2D eigenvalue weighted by atomic mass is 9.76. The third-order valence-electron chi connectivity index (χ3n) is 9.92. The average Bonchev–Trinajstić information content (AvgIpc) is 3.87. The van der Waals surface area contributed by atoms with Gasteiger partial charge in [0, 0.05) is 44.2 Å². The summed E-state index contributed by atoms with van der Waals surface area (Å²) in [5, 5.41) is 29.1. The molecule has 2 aromatic carbocycles. The zero-order chi connectivity index (χ0) is 37.0. The van der Waals surface area contributed by atoms with Gasteiger partial charge in [0.1, 0.15) is 12.2 Å². The number of amides is 1. The number of hydrogen-bond acceptors (Lipinski definition) is 9. The van der Waals surface area contributed by atoms with Gasteiger partial charge < -0.3 is 34.9 Å². The summed E-state index contributed by atoms with van der Waals surface area (Å²) in [5.41, 5.74) is 3.22. The van der Waals surface area contributed by atoms with Crippen molar-refractivity contribution >= 4 is 28.8 Å². The lowest BCUT2D eigenvalue weighted by Gasteiger charge is -2.31. The molecule has 0 radical (unpaired) electrons. The largest absolute Gasteiger partial charge is 0.471 e. The van der Waals surface area contributed by atoms with E-state index in [0.717, 1.165) is 23.4 Å². The second-order valence-electron chi connectivity index (χ2n) is 13.4. The van der Waals surface area contributed by atoms with Crippen LogP contribution in [0.5, 0.6) is 0 Å². The Kier molecular flexibility index (Phi) is 10.8. The summed E-state index contributed by atoms with van der Waals surface area (Å²) in [7, 11) is 0. The Balaban J connectivity index is 1.35. The third kappa shape index (κ3) is 7.46. The van der Waals surface area contributed by atoms with E-state index < -0.39 is 41.8 Å². The van der Waals surface area contributed by atoms with Crippen LogP contribution in [0.2, 0.25) is 0 Å². The highest BCUT2D eigenvalue weighted by Gasteiger charge is 2.51. The van der Waals surface area contributed by atoms with Crippen LogP contribution in [0, 0.1) is 0 Å². The first-order valence-corrected chi connectivity index (χ1v) is 17.5. The van der Waals surface area contributed by atoms with Gasteiger partial charge in [-0.3, -0.25) is 4.79 Å². The standard InChI is InChI=1S/C37H44F3N9O3/c1-4-18-48(34(52)37(38,39)40)27-19-28(31(51)30(27)50)49-23-44-29-32(45-35(46-33(29)49)41-17-16-26-20-47(5-2)22-43-26)42-21-36(3,24-12-8-6-9-13-24)25-14-10-7-11-15-25/h6-15,20,22-23,27-28,30-31,50-51H,4-5,16-19,21H2,1-3H3,(H2,41,42,45,46)/t27-,28+,30+,31-/m0/s1. The van der Waals surface area contributed by atoms with Gasteiger partial charge in [-0.15, -0.1) is 0 Å². The number of anilines is 2. The molecule has 0 bridgehead atoms. The molecule has 0 unspecified atom stereocenters. The van der Waals surface area contributed by atoms with Crippen LogP contribution in [0.4, 0.5) is 24.9 Å². The molecule has 3 heterocycles. The third-order valence-corrected chi connectivity index (χ3v) is 9.92. The summed E-state index contributed by atoms with van der Waals surface area (Å²) in [5.74, 6) is -1.38. The predicted molar refractivity (Wildman–Crippen MR) is 191 cm³/mol. The van der Waals surface area contributed by atoms with Gasteiger partial charge in [-0.1, -0.05) is 67.6 Å². The van der Waals surface area contributed by atoms with Crippen molar-refractivity contribution in [2.75, 3.05) is 30.3 Å². The van der Waals surface area contributed by atoms with E-state index in [0.29, 0.717) is 41.4 Å². The molecule has 0 saturated heterocycles. The van der Waals surface area contributed by atoms with Crippen molar-refractivity contribution in [2.45, 2.75) is 82.5 Å². The summed E-state index contributed by atoms with van der Waals surface area (Å²) >= 11 is 0. The van der Waals surface area contributed by atoms with Gasteiger partial charge in [-0.25, -0.2) is 9.97 Å². The van der Waals surface area contributed by atoms with Gasteiger partial charge >= 0.3 is 12.1 Å². The highest BCUT2D eigenvalue weighted by Crippen LogP contribution is 2.39. The maximum absolute atomic E-state index is 13.6. The number of aryl methyl sites for hydroxylation is 1. The van der Waals surface area contributed by atoms with Gasteiger partial charge in [0.25, 0.3) is 0 Å². The summed E-state index contributed by atoms with van der Waals surface area (Å²) in [6, 6.07) is 18.0. The number of aliphatic hydroxyl groups is 2. The van der Waals surface area contributed by atoms with Crippen molar-refractivity contribution in [3.63, 3.8) is 0 Å². The Labute approximate surface area is 299 Å². The molecule has 12 nitrogen and oxygen atoms in total. The van der Waals surface area contributed by atoms with Crippen molar-refractivity contribution in [3.8, 4) is 0 Å². The lowest BCUT2D eigenvalue weighted by Crippen LogP contribution is -2.51. The molecule has 1 amide bonds. The summed E-state index contributed by atoms with van der Waals surface area (Å²) in [6.07, 6.45) is -2.40. The van der Waals surface area contributed by atoms with E-state index in [1.54, 1.807) is 17.8 Å². The average molecular weight is 720 g/mol. The number of rotatable bonds is 14. The van der Waals surface area contributed by atoms with Gasteiger partial charge in [-0.2, -0.15) is 23.1 Å². The molecule has 1 fully saturated rings. The maximum Gasteiger partial charge on any atom is 0.471 e. The van der Waals surface area contributed by atoms with E-state index >= 15 is 0 Å². The Hall–Kier alpha value is -5.02. The smallest absolute Gasteiger partial charge is 0.388 e. The van der Waals surface area contributed by atoms with Crippen LogP contribution in [0.3, 0.4) is 0 Å². The normalized spacial score (nSPS) is 19.2. The Morgan fingerprint density at radius 2 is 1.62 bits per heavy atom. The van der Waals surface area contributed by atoms with Gasteiger partial charge in [0.2, 0.25) is 5.95 Å². The number of aliphatic hydroxyl groups excluding tert-OH is 2. The number of fused-ring (bicyclic) bond motifs is 1. The Morgan fingerprint density at radius 3 is 2.21 bits per heavy atom. The van der Waals surface area contributed by atoms with Crippen molar-refractivity contribution in [1.29, 1.82) is 0 Å². The SMILES string of the molecule is CCCN(C(=O)C(F)(F)F)[C@H]1C[C@@H](n2cnc3c(NCC(C)(c4ccccc4)c4ccccc4)nc(NCCc4cn(CC)cn4)nc32)[C@H](O)[C@@H]1O. The van der Waals surface area contributed by atoms with Crippen LogP contribution in [-0.4, -0.2) is 94.2 Å². The molecule has 0 spiro atoms. The Bertz CT molecular complexity index is 1910. The lowest BCUT2D eigenvalue weighted by molar-refractivity contribution is -0.190. The van der Waals surface area contributed by atoms with Crippen molar-refractivity contribution < 1.29 is 28.2 Å². The zero-order valence-electron chi connectivity index (χ0n) is 29.3. The number of carbonyl (C=O) groups is 1. The van der Waals surface area contributed by atoms with Crippen molar-refractivity contribution in [3.05, 3.63) is 96.3 Å². The minimum atomic E-state index is -5.13. The second-order valence-corrected chi connectivity index (χ2v) is 13.4. The van der Waals surface area contributed by atoms with Gasteiger partial charge in [-0.05, 0) is 37.8 Å². The van der Waals surface area contributed by atoms with Crippen LogP contribution < -0.4 is 10.6 Å². The minimum absolute atomic E-state index is 0.148. The van der Waals surface area contributed by atoms with Gasteiger partial charge in [0.15, 0.2) is 17.0 Å². The van der Waals surface area contributed by atoms with Crippen LogP contribution in [0.1, 0.15) is 56.5 Å². The molecule has 4 atom stereocenters. The molecule has 3 aromatic heterocycles. The fourth-order valence-electron chi connectivity index (χ4n) is 7.01. The molecule has 1 aliphatic rings. The van der Waals surface area contributed by atoms with E-state index in [-0.39, 0.29) is 25.3 Å². The topological polar surface area (TPSA) is 146 Å². The number of nitrogens with zero attached hydrogens (tertiary/aromatic N) is 7. The molecule has 0 aliphatic heterocycles. The highest BCUT2D eigenvalue weighted by atomic mass is 19.4. The number of benzene rings is 2. The molecule has 15 heteroatoms. The number of alkyl halides is 3. The zero-order valence-corrected chi connectivity index (χ0v) is 29.3. The molecule has 5 aromatic rings. The fraction of sp³-hybridized carbons (Fsp3) is 0.432. The number of carbonyl (C=O) groups excluding carboxylic acids is 1. The molecule has 1 aliphatic carbocycles. The molecule has 52 heavy (non-hydrogen) atoms. The van der Waals surface area contributed by atoms with Gasteiger partial charge in [0.05, 0.1) is 30.4 Å². The number of hydrogen-bond donors (Lipinski definition) is 4. The quantitative estimate of drug-likeness (QED) is 0.125. The summed E-state index contributed by atoms with van der Waals surface area (Å²) in [6.45, 7) is 7.24. The molecular formula is C37H44F3N9O3. The summed E-state index contributed by atoms with van der Waals surface area (Å²) < 4.78 is 44.3. The van der Waals surface area contributed by atoms with Crippen LogP contribution in [0.15, 0.2) is 79.5 Å². The highest BCUT2D eigenvalue weighted by molar-refractivity contribution is 5.85. The van der Waals surface area contributed by atoms with Crippen LogP contribution >= 0.6 is 0 Å². The van der Waals surface area contributed by atoms with Crippen molar-refractivity contribution in [2.24, 2.45) is 0 Å². The molecular weight excluding hydrogens is 675 g/mol. The predicted octanol–water partition coefficient (Wildman–Crippen LogP) is 4.95. The van der Waals surface area contributed by atoms with E-state index in [1.807, 2.05) is 54.1 Å². The minimum Gasteiger partial charge on any atom is -0.388 e. The fourth-order valence-corrected chi connectivity index (χ4v) is 7.01. The first kappa shape index (κ1) is 36.8. The first-order valence-electron chi connectivity index (χ1n) is 17.5. The van der Waals surface area contributed by atoms with E-state index in [1.165, 1.54) is 6.33 Å². The first-order chi connectivity index (χ1) is 24.9. The number of halogens is 3. The monoisotopic (exact) mass is 719 g/mol. The van der Waals surface area contributed by atoms with E-state index in [9.17, 15) is 28.2 Å². The number of imidazole rings is 2. The Morgan fingerprint density at radius 1 is 0.942 bits per heavy atom. The molecule has 276 valence electrons. The number of nitrogens with one attached hydrogen (secondary N) is 2. The molecule has 6 rings (SSSR count). The van der Waals surface area contributed by atoms with E-state index in [4.69, 9.17) is 9.97 Å². The van der Waals surface area contributed by atoms with Crippen molar-refractivity contribution in [1.82, 2.24) is 34.0 Å². The van der Waals surface area contributed by atoms with Crippen LogP contribution in [-0.2, 0) is 23.2 Å². The second kappa shape index (κ2) is 15.3. The number of aromatic nitrogens is 6. The summed E-state index contributed by atoms with van der Waals surface area (Å²) in [4.78, 5) is 31.7. The van der Waals surface area contributed by atoms with Crippen LogP contribution in [0.25, 0.3) is 11.2 Å². The molecule has 4 N–H and O–H groups in total. The van der Waals surface area contributed by atoms with E-state index in [2.05, 4.69) is 51.8 Å². The maximum atomic E-state index is 13.6.